The SMILES string of the molecule is C/C=C1/[C@H](O[C@@H]2O[C@H](CO)[C@@H](O)[C@H](O)[C@H]2O)OC=C(C(=O)OC)[C@H]1CC(=O)OCCc1ccc(F)cc1. The van der Waals surface area contributed by atoms with Gasteiger partial charge in [-0.1, -0.05) is 18.2 Å². The van der Waals surface area contributed by atoms with Crippen LogP contribution in [0.25, 0.3) is 0 Å². The van der Waals surface area contributed by atoms with E-state index in [0.29, 0.717) is 12.0 Å². The zero-order chi connectivity index (χ0) is 27.1. The van der Waals surface area contributed by atoms with E-state index in [4.69, 9.17) is 23.7 Å². The molecule has 3 rings (SSSR count). The fourth-order valence-electron chi connectivity index (χ4n) is 4.08. The van der Waals surface area contributed by atoms with Crippen LogP contribution in [0.5, 0.6) is 0 Å². The summed E-state index contributed by atoms with van der Waals surface area (Å²) in [7, 11) is 1.17. The first-order chi connectivity index (χ1) is 17.7. The molecular formula is C25H31FO11. The Kier molecular flexibility index (Phi) is 10.1. The molecule has 0 aliphatic carbocycles. The Morgan fingerprint density at radius 3 is 2.43 bits per heavy atom. The predicted molar refractivity (Wildman–Crippen MR) is 123 cm³/mol. The molecule has 7 atom stereocenters. The average molecular weight is 527 g/mol. The normalized spacial score (nSPS) is 30.8. The molecule has 37 heavy (non-hydrogen) atoms. The van der Waals surface area contributed by atoms with Gasteiger partial charge in [0.05, 0.1) is 38.6 Å². The standard InChI is InChI=1S/C25H31FO11/c1-3-15-16(10-19(28)34-9-8-13-4-6-14(26)7-5-13)17(23(32)33-2)12-35-24(15)37-25-22(31)21(30)20(29)18(11-27)36-25/h3-7,12,16,18,20-22,24-25,27,29-31H,8-11H2,1-2H3/b15-3+/t16-,18+,20+,21-,22+,24-,25-/m0/s1. The fraction of sp³-hybridized carbons (Fsp3) is 0.520. The molecule has 1 saturated heterocycles. The van der Waals surface area contributed by atoms with Gasteiger partial charge < -0.3 is 44.1 Å². The lowest BCUT2D eigenvalue weighted by molar-refractivity contribution is -0.327. The Labute approximate surface area is 212 Å². The maximum absolute atomic E-state index is 13.1. The van der Waals surface area contributed by atoms with E-state index < -0.39 is 61.5 Å². The van der Waals surface area contributed by atoms with Gasteiger partial charge in [-0.05, 0) is 24.6 Å². The van der Waals surface area contributed by atoms with Crippen molar-refractivity contribution in [1.29, 1.82) is 0 Å². The van der Waals surface area contributed by atoms with Gasteiger partial charge in [-0.15, -0.1) is 0 Å². The van der Waals surface area contributed by atoms with E-state index in [1.807, 2.05) is 0 Å². The third-order valence-electron chi connectivity index (χ3n) is 6.17. The minimum Gasteiger partial charge on any atom is -0.468 e. The number of aliphatic hydroxyl groups is 4. The first-order valence-corrected chi connectivity index (χ1v) is 11.7. The molecule has 0 saturated carbocycles. The summed E-state index contributed by atoms with van der Waals surface area (Å²) in [6.45, 7) is 1.00. The fourth-order valence-corrected chi connectivity index (χ4v) is 4.08. The summed E-state index contributed by atoms with van der Waals surface area (Å²) in [6.07, 6.45) is -6.16. The minimum atomic E-state index is -1.68. The number of methoxy groups -OCH3 is 1. The van der Waals surface area contributed by atoms with Crippen LogP contribution in [0.4, 0.5) is 4.39 Å². The number of ether oxygens (including phenoxy) is 5. The van der Waals surface area contributed by atoms with Crippen LogP contribution in [0.15, 0.2) is 47.7 Å². The Hall–Kier alpha value is -2.87. The molecule has 0 unspecified atom stereocenters. The van der Waals surface area contributed by atoms with Crippen molar-refractivity contribution in [2.45, 2.75) is 56.8 Å². The number of aliphatic hydroxyl groups excluding tert-OH is 4. The Balaban J connectivity index is 1.71. The number of esters is 2. The molecule has 204 valence electrons. The number of allylic oxidation sites excluding steroid dienone is 1. The molecule has 0 aromatic heterocycles. The Bertz CT molecular complexity index is 991. The van der Waals surface area contributed by atoms with Crippen molar-refractivity contribution in [3.8, 4) is 0 Å². The van der Waals surface area contributed by atoms with Gasteiger partial charge in [-0.25, -0.2) is 9.18 Å². The van der Waals surface area contributed by atoms with E-state index >= 15 is 0 Å². The number of rotatable bonds is 9. The van der Waals surface area contributed by atoms with E-state index in [1.54, 1.807) is 25.1 Å². The van der Waals surface area contributed by atoms with E-state index in [0.717, 1.165) is 11.8 Å². The highest BCUT2D eigenvalue weighted by Crippen LogP contribution is 2.36. The lowest BCUT2D eigenvalue weighted by Gasteiger charge is -2.41. The van der Waals surface area contributed by atoms with Crippen LogP contribution >= 0.6 is 0 Å². The van der Waals surface area contributed by atoms with Gasteiger partial charge >= 0.3 is 11.9 Å². The quantitative estimate of drug-likeness (QED) is 0.255. The first kappa shape index (κ1) is 28.7. The van der Waals surface area contributed by atoms with Gasteiger partial charge in [-0.2, -0.15) is 0 Å². The van der Waals surface area contributed by atoms with Crippen LogP contribution < -0.4 is 0 Å². The molecule has 2 aliphatic rings. The zero-order valence-electron chi connectivity index (χ0n) is 20.4. The van der Waals surface area contributed by atoms with Crippen LogP contribution in [0.1, 0.15) is 18.9 Å². The van der Waals surface area contributed by atoms with E-state index in [2.05, 4.69) is 0 Å². The molecule has 1 aromatic rings. The van der Waals surface area contributed by atoms with Crippen LogP contribution in [0.3, 0.4) is 0 Å². The van der Waals surface area contributed by atoms with E-state index in [9.17, 15) is 34.4 Å². The van der Waals surface area contributed by atoms with Crippen molar-refractivity contribution in [1.82, 2.24) is 0 Å². The summed E-state index contributed by atoms with van der Waals surface area (Å²) < 4.78 is 39.8. The highest BCUT2D eigenvalue weighted by molar-refractivity contribution is 5.90. The number of hydrogen-bond donors (Lipinski definition) is 4. The van der Waals surface area contributed by atoms with Crippen molar-refractivity contribution in [3.05, 3.63) is 59.1 Å². The topological polar surface area (TPSA) is 161 Å². The third kappa shape index (κ3) is 6.92. The maximum atomic E-state index is 13.1. The molecular weight excluding hydrogens is 495 g/mol. The smallest absolute Gasteiger partial charge is 0.337 e. The van der Waals surface area contributed by atoms with Crippen LogP contribution in [0, 0.1) is 11.7 Å². The molecule has 11 nitrogen and oxygen atoms in total. The second-order valence-corrected chi connectivity index (χ2v) is 8.51. The van der Waals surface area contributed by atoms with Gasteiger partial charge in [0, 0.05) is 17.9 Å². The van der Waals surface area contributed by atoms with E-state index in [-0.39, 0.29) is 24.4 Å². The molecule has 2 aliphatic heterocycles. The largest absolute Gasteiger partial charge is 0.468 e. The zero-order valence-corrected chi connectivity index (χ0v) is 20.4. The van der Waals surface area contributed by atoms with Gasteiger partial charge in [-0.3, -0.25) is 4.79 Å². The number of carbonyl (C=O) groups excluding carboxylic acids is 2. The highest BCUT2D eigenvalue weighted by Gasteiger charge is 2.46. The van der Waals surface area contributed by atoms with Crippen molar-refractivity contribution in [2.24, 2.45) is 5.92 Å². The van der Waals surface area contributed by atoms with Crippen molar-refractivity contribution >= 4 is 11.9 Å². The van der Waals surface area contributed by atoms with E-state index in [1.165, 1.54) is 19.2 Å². The second kappa shape index (κ2) is 13.1. The first-order valence-electron chi connectivity index (χ1n) is 11.7. The summed E-state index contributed by atoms with van der Waals surface area (Å²) >= 11 is 0. The molecule has 1 fully saturated rings. The molecule has 1 aromatic carbocycles. The molecule has 0 amide bonds. The van der Waals surface area contributed by atoms with Gasteiger partial charge in [0.2, 0.25) is 6.29 Å². The molecule has 0 spiro atoms. The second-order valence-electron chi connectivity index (χ2n) is 8.51. The third-order valence-corrected chi connectivity index (χ3v) is 6.17. The predicted octanol–water partition coefficient (Wildman–Crippen LogP) is 0.0937. The summed E-state index contributed by atoms with van der Waals surface area (Å²) in [5.74, 6) is -2.62. The van der Waals surface area contributed by atoms with Crippen LogP contribution in [-0.4, -0.2) is 89.7 Å². The van der Waals surface area contributed by atoms with Gasteiger partial charge in [0.15, 0.2) is 6.29 Å². The van der Waals surface area contributed by atoms with Crippen molar-refractivity contribution in [3.63, 3.8) is 0 Å². The lowest BCUT2D eigenvalue weighted by atomic mass is 9.86. The minimum absolute atomic E-state index is 0.0275. The summed E-state index contributed by atoms with van der Waals surface area (Å²) in [6, 6.07) is 5.78. The summed E-state index contributed by atoms with van der Waals surface area (Å²) in [5, 5.41) is 39.7. The number of carbonyl (C=O) groups is 2. The van der Waals surface area contributed by atoms with Crippen LogP contribution in [-0.2, 0) is 39.7 Å². The molecule has 4 N–H and O–H groups in total. The average Bonchev–Trinajstić information content (AvgIpc) is 2.89. The Morgan fingerprint density at radius 2 is 1.81 bits per heavy atom. The lowest BCUT2D eigenvalue weighted by Crippen LogP contribution is -2.60. The molecule has 0 radical (unpaired) electrons. The number of benzene rings is 1. The monoisotopic (exact) mass is 526 g/mol. The summed E-state index contributed by atoms with van der Waals surface area (Å²) in [5.41, 5.74) is 1.12. The summed E-state index contributed by atoms with van der Waals surface area (Å²) in [4.78, 5) is 25.0. The van der Waals surface area contributed by atoms with Crippen molar-refractivity contribution < 1.29 is 58.1 Å². The molecule has 2 heterocycles. The van der Waals surface area contributed by atoms with Crippen molar-refractivity contribution in [2.75, 3.05) is 20.3 Å². The molecule has 12 heteroatoms. The maximum Gasteiger partial charge on any atom is 0.337 e. The van der Waals surface area contributed by atoms with Gasteiger partial charge in [0.25, 0.3) is 0 Å². The van der Waals surface area contributed by atoms with Gasteiger partial charge in [0.1, 0.15) is 30.2 Å². The Morgan fingerprint density at radius 1 is 1.11 bits per heavy atom. The number of hydrogen-bond acceptors (Lipinski definition) is 11. The highest BCUT2D eigenvalue weighted by atomic mass is 19.1. The number of halogens is 1. The van der Waals surface area contributed by atoms with Crippen LogP contribution in [0.2, 0.25) is 0 Å². The molecule has 0 bridgehead atoms.